The van der Waals surface area contributed by atoms with Crippen LogP contribution in [0.15, 0.2) is 30.3 Å². The molecule has 1 aromatic carbocycles. The van der Waals surface area contributed by atoms with E-state index >= 15 is 0 Å². The van der Waals surface area contributed by atoms with E-state index in [1.807, 2.05) is 6.07 Å². The van der Waals surface area contributed by atoms with Gasteiger partial charge in [-0.3, -0.25) is 14.4 Å². The zero-order chi connectivity index (χ0) is 16.7. The molecular formula is C17H22N2O4. The number of carboxylic acid groups (broad SMARTS) is 1. The maximum absolute atomic E-state index is 12.2. The molecule has 2 N–H and O–H groups in total. The Morgan fingerprint density at radius 3 is 2.65 bits per heavy atom. The summed E-state index contributed by atoms with van der Waals surface area (Å²) in [5.74, 6) is -1.05. The van der Waals surface area contributed by atoms with Crippen molar-refractivity contribution in [1.82, 2.24) is 10.2 Å². The smallest absolute Gasteiger partial charge is 0.305 e. The fourth-order valence-electron chi connectivity index (χ4n) is 2.85. The van der Waals surface area contributed by atoms with Gasteiger partial charge in [0.1, 0.15) is 0 Å². The summed E-state index contributed by atoms with van der Waals surface area (Å²) in [4.78, 5) is 36.5. The summed E-state index contributed by atoms with van der Waals surface area (Å²) in [6.07, 6.45) is 2.49. The van der Waals surface area contributed by atoms with Crippen LogP contribution in [0.3, 0.4) is 0 Å². The van der Waals surface area contributed by atoms with Gasteiger partial charge < -0.3 is 15.3 Å². The van der Waals surface area contributed by atoms with Crippen molar-refractivity contribution in [3.8, 4) is 0 Å². The SMILES string of the molecule is O=C(O)CC1CCCN1C(=O)CCCNC(=O)c1ccccc1. The molecule has 2 amide bonds. The van der Waals surface area contributed by atoms with Crippen molar-refractivity contribution in [3.63, 3.8) is 0 Å². The average molecular weight is 318 g/mol. The van der Waals surface area contributed by atoms with Crippen molar-refractivity contribution in [2.45, 2.75) is 38.1 Å². The normalized spacial score (nSPS) is 17.0. The van der Waals surface area contributed by atoms with Gasteiger partial charge in [0.2, 0.25) is 5.91 Å². The van der Waals surface area contributed by atoms with E-state index in [2.05, 4.69) is 5.32 Å². The van der Waals surface area contributed by atoms with Crippen molar-refractivity contribution in [3.05, 3.63) is 35.9 Å². The maximum atomic E-state index is 12.2. The highest BCUT2D eigenvalue weighted by Gasteiger charge is 2.29. The molecule has 0 aromatic heterocycles. The summed E-state index contributed by atoms with van der Waals surface area (Å²) >= 11 is 0. The highest BCUT2D eigenvalue weighted by atomic mass is 16.4. The van der Waals surface area contributed by atoms with Gasteiger partial charge in [0, 0.05) is 31.1 Å². The summed E-state index contributed by atoms with van der Waals surface area (Å²) < 4.78 is 0. The molecule has 1 aliphatic heterocycles. The Hall–Kier alpha value is -2.37. The summed E-state index contributed by atoms with van der Waals surface area (Å²) in [6, 6.07) is 8.74. The van der Waals surface area contributed by atoms with Gasteiger partial charge in [0.15, 0.2) is 0 Å². The van der Waals surface area contributed by atoms with Crippen LogP contribution in [-0.2, 0) is 9.59 Å². The number of rotatable bonds is 7. The number of nitrogens with zero attached hydrogens (tertiary/aromatic N) is 1. The lowest BCUT2D eigenvalue weighted by molar-refractivity contribution is -0.139. The molecule has 1 saturated heterocycles. The lowest BCUT2D eigenvalue weighted by Gasteiger charge is -2.23. The minimum Gasteiger partial charge on any atom is -0.481 e. The number of amides is 2. The quantitative estimate of drug-likeness (QED) is 0.749. The van der Waals surface area contributed by atoms with Crippen LogP contribution >= 0.6 is 0 Å². The number of nitrogens with one attached hydrogen (secondary N) is 1. The van der Waals surface area contributed by atoms with E-state index < -0.39 is 5.97 Å². The van der Waals surface area contributed by atoms with Crippen LogP contribution in [0.25, 0.3) is 0 Å². The van der Waals surface area contributed by atoms with Gasteiger partial charge in [0.05, 0.1) is 6.42 Å². The Kier molecular flexibility index (Phi) is 6.14. The van der Waals surface area contributed by atoms with E-state index in [0.29, 0.717) is 31.5 Å². The number of likely N-dealkylation sites (tertiary alicyclic amines) is 1. The Morgan fingerprint density at radius 2 is 1.96 bits per heavy atom. The fraction of sp³-hybridized carbons (Fsp3) is 0.471. The minimum atomic E-state index is -0.871. The molecule has 6 nitrogen and oxygen atoms in total. The van der Waals surface area contributed by atoms with Gasteiger partial charge in [-0.2, -0.15) is 0 Å². The number of benzene rings is 1. The van der Waals surface area contributed by atoms with Gasteiger partial charge in [-0.15, -0.1) is 0 Å². The number of carboxylic acids is 1. The number of aliphatic carboxylic acids is 1. The van der Waals surface area contributed by atoms with E-state index in [9.17, 15) is 14.4 Å². The van der Waals surface area contributed by atoms with Crippen molar-refractivity contribution in [2.24, 2.45) is 0 Å². The van der Waals surface area contributed by atoms with Crippen LogP contribution in [0.2, 0.25) is 0 Å². The largest absolute Gasteiger partial charge is 0.481 e. The molecule has 1 aromatic rings. The topological polar surface area (TPSA) is 86.7 Å². The first kappa shape index (κ1) is 17.0. The molecule has 1 unspecified atom stereocenters. The first-order chi connectivity index (χ1) is 11.1. The third kappa shape index (κ3) is 5.09. The monoisotopic (exact) mass is 318 g/mol. The maximum Gasteiger partial charge on any atom is 0.305 e. The van der Waals surface area contributed by atoms with E-state index in [0.717, 1.165) is 12.8 Å². The van der Waals surface area contributed by atoms with Crippen molar-refractivity contribution < 1.29 is 19.5 Å². The Balaban J connectivity index is 1.70. The zero-order valence-electron chi connectivity index (χ0n) is 13.0. The van der Waals surface area contributed by atoms with Crippen LogP contribution in [0.4, 0.5) is 0 Å². The molecular weight excluding hydrogens is 296 g/mol. The fourth-order valence-corrected chi connectivity index (χ4v) is 2.85. The number of carbonyl (C=O) groups excluding carboxylic acids is 2. The molecule has 23 heavy (non-hydrogen) atoms. The van der Waals surface area contributed by atoms with Crippen LogP contribution in [0.1, 0.15) is 42.5 Å². The molecule has 1 fully saturated rings. The Bertz CT molecular complexity index is 559. The van der Waals surface area contributed by atoms with Crippen LogP contribution in [-0.4, -0.2) is 46.9 Å². The van der Waals surface area contributed by atoms with Crippen molar-refractivity contribution in [2.75, 3.05) is 13.1 Å². The molecule has 6 heteroatoms. The van der Waals surface area contributed by atoms with Crippen LogP contribution in [0, 0.1) is 0 Å². The number of carbonyl (C=O) groups is 3. The van der Waals surface area contributed by atoms with Crippen molar-refractivity contribution in [1.29, 1.82) is 0 Å². The minimum absolute atomic E-state index is 0.0104. The predicted molar refractivity (Wildman–Crippen MR) is 85.0 cm³/mol. The molecule has 1 aliphatic rings. The summed E-state index contributed by atoms with van der Waals surface area (Å²) in [5, 5.41) is 11.7. The molecule has 0 spiro atoms. The van der Waals surface area contributed by atoms with Gasteiger partial charge in [-0.05, 0) is 31.4 Å². The lowest BCUT2D eigenvalue weighted by Crippen LogP contribution is -2.37. The van der Waals surface area contributed by atoms with Gasteiger partial charge in [0.25, 0.3) is 5.91 Å². The van der Waals surface area contributed by atoms with Gasteiger partial charge >= 0.3 is 5.97 Å². The molecule has 0 radical (unpaired) electrons. The second-order valence-electron chi connectivity index (χ2n) is 5.71. The van der Waals surface area contributed by atoms with Crippen LogP contribution < -0.4 is 5.32 Å². The van der Waals surface area contributed by atoms with E-state index in [1.54, 1.807) is 29.2 Å². The third-order valence-corrected chi connectivity index (χ3v) is 4.00. The summed E-state index contributed by atoms with van der Waals surface area (Å²) in [6.45, 7) is 1.06. The van der Waals surface area contributed by atoms with Crippen molar-refractivity contribution >= 4 is 17.8 Å². The first-order valence-electron chi connectivity index (χ1n) is 7.92. The van der Waals surface area contributed by atoms with E-state index in [-0.39, 0.29) is 24.3 Å². The average Bonchev–Trinajstić information content (AvgIpc) is 2.99. The first-order valence-corrected chi connectivity index (χ1v) is 7.92. The highest BCUT2D eigenvalue weighted by Crippen LogP contribution is 2.21. The summed E-state index contributed by atoms with van der Waals surface area (Å²) in [7, 11) is 0. The van der Waals surface area contributed by atoms with Gasteiger partial charge in [-0.25, -0.2) is 0 Å². The van der Waals surface area contributed by atoms with E-state index in [4.69, 9.17) is 5.11 Å². The Labute approximate surface area is 135 Å². The second-order valence-corrected chi connectivity index (χ2v) is 5.71. The summed E-state index contributed by atoms with van der Waals surface area (Å²) in [5.41, 5.74) is 0.597. The zero-order valence-corrected chi connectivity index (χ0v) is 13.0. The standard InChI is InChI=1S/C17H22N2O4/c20-15(19-11-5-8-14(19)12-16(21)22)9-4-10-18-17(23)13-6-2-1-3-7-13/h1-3,6-7,14H,4-5,8-12H2,(H,18,23)(H,21,22). The molecule has 0 saturated carbocycles. The molecule has 0 bridgehead atoms. The number of hydrogen-bond acceptors (Lipinski definition) is 3. The Morgan fingerprint density at radius 1 is 1.22 bits per heavy atom. The molecule has 1 atom stereocenters. The highest BCUT2D eigenvalue weighted by molar-refractivity contribution is 5.94. The molecule has 1 heterocycles. The lowest BCUT2D eigenvalue weighted by atomic mass is 10.1. The van der Waals surface area contributed by atoms with Gasteiger partial charge in [-0.1, -0.05) is 18.2 Å². The molecule has 124 valence electrons. The number of hydrogen-bond donors (Lipinski definition) is 2. The second kappa shape index (κ2) is 8.31. The third-order valence-electron chi connectivity index (χ3n) is 4.00. The van der Waals surface area contributed by atoms with Crippen LogP contribution in [0.5, 0.6) is 0 Å². The molecule has 2 rings (SSSR count). The van der Waals surface area contributed by atoms with E-state index in [1.165, 1.54) is 0 Å². The molecule has 0 aliphatic carbocycles. The predicted octanol–water partition coefficient (Wildman–Crippen LogP) is 1.66.